The van der Waals surface area contributed by atoms with Crippen LogP contribution in [0.5, 0.6) is 0 Å². The Kier molecular flexibility index (Phi) is 3.92. The third kappa shape index (κ3) is 2.49. The summed E-state index contributed by atoms with van der Waals surface area (Å²) in [6.45, 7) is 0. The normalized spacial score (nSPS) is 5.50. The molecule has 1 nitrogen and oxygen atoms in total. The van der Waals surface area contributed by atoms with Crippen molar-refractivity contribution < 1.29 is 0 Å². The molecule has 0 atom stereocenters. The van der Waals surface area contributed by atoms with Gasteiger partial charge in [0, 0.05) is 0 Å². The molecule has 0 amide bonds. The molecule has 0 fully saturated rings. The van der Waals surface area contributed by atoms with Crippen LogP contribution >= 0.6 is 0 Å². The summed E-state index contributed by atoms with van der Waals surface area (Å²) in [4.78, 5) is 0. The summed E-state index contributed by atoms with van der Waals surface area (Å²) in [7, 11) is 1.97. The van der Waals surface area contributed by atoms with E-state index >= 15 is 0 Å². The zero-order valence-electron chi connectivity index (χ0n) is 3.08. The van der Waals surface area contributed by atoms with Gasteiger partial charge in [-0.2, -0.15) is 0 Å². The van der Waals surface area contributed by atoms with E-state index in [1.165, 1.54) is 0 Å². The van der Waals surface area contributed by atoms with Gasteiger partial charge in [0.05, 0.1) is 0 Å². The first kappa shape index (κ1) is 4.49. The van der Waals surface area contributed by atoms with Crippen molar-refractivity contribution in [3.05, 3.63) is 0 Å². The molecule has 0 bridgehead atoms. The summed E-state index contributed by atoms with van der Waals surface area (Å²) in [6.07, 6.45) is 0. The maximum absolute atomic E-state index is 3.01. The first-order valence-electron chi connectivity index (χ1n) is 1.37. The van der Waals surface area contributed by atoms with Gasteiger partial charge in [-0.1, -0.05) is 0 Å². The van der Waals surface area contributed by atoms with Gasteiger partial charge >= 0.3 is 32.6 Å². The fourth-order valence-corrected chi connectivity index (χ4v) is 0. The fourth-order valence-electron chi connectivity index (χ4n) is 0. The molecule has 1 N–H and O–H groups in total. The minimum absolute atomic E-state index is 0.532. The molecule has 0 aliphatic rings. The monoisotopic (exact) mass is 72.0 g/mol. The van der Waals surface area contributed by atoms with Gasteiger partial charge in [0.25, 0.3) is 0 Å². The van der Waals surface area contributed by atoms with Crippen LogP contribution in [0.1, 0.15) is 0 Å². The SMILES string of the molecule is C[NH][Al+][CH3]. The van der Waals surface area contributed by atoms with Crippen LogP contribution in [-0.2, 0) is 0 Å². The molecule has 0 heterocycles. The van der Waals surface area contributed by atoms with E-state index < -0.39 is 0 Å². The molecule has 0 unspecified atom stereocenters. The molecule has 0 radical (unpaired) electrons. The second kappa shape index (κ2) is 3.49. The van der Waals surface area contributed by atoms with Crippen molar-refractivity contribution in [3.63, 3.8) is 0 Å². The average Bonchev–Trinajstić information content (AvgIpc) is 1.37. The number of hydrogen-bond donors (Lipinski definition) is 1. The Morgan fingerprint density at radius 1 is 1.75 bits per heavy atom. The van der Waals surface area contributed by atoms with E-state index in [4.69, 9.17) is 0 Å². The van der Waals surface area contributed by atoms with Crippen LogP contribution in [0.4, 0.5) is 0 Å². The molecule has 2 heteroatoms. The van der Waals surface area contributed by atoms with Crippen LogP contribution in [0.15, 0.2) is 0 Å². The van der Waals surface area contributed by atoms with Gasteiger partial charge in [-0.3, -0.25) is 0 Å². The van der Waals surface area contributed by atoms with Crippen molar-refractivity contribution in [2.45, 2.75) is 5.79 Å². The molecule has 0 saturated carbocycles. The van der Waals surface area contributed by atoms with Crippen LogP contribution in [0.25, 0.3) is 0 Å². The molecule has 0 aromatic heterocycles. The van der Waals surface area contributed by atoms with E-state index in [-0.39, 0.29) is 0 Å². The molecule has 4 heavy (non-hydrogen) atoms. The molecular weight excluding hydrogens is 65.0 g/mol. The first-order chi connectivity index (χ1) is 1.91. The van der Waals surface area contributed by atoms with E-state index in [0.29, 0.717) is 15.4 Å². The Morgan fingerprint density at radius 3 is 2.00 bits per heavy atom. The molecule has 0 spiro atoms. The van der Waals surface area contributed by atoms with E-state index in [1.807, 2.05) is 7.05 Å². The second-order valence-corrected chi connectivity index (χ2v) is 1.73. The predicted octanol–water partition coefficient (Wildman–Crippen LogP) is -0.127. The first-order valence-corrected chi connectivity index (χ1v) is 3.10. The van der Waals surface area contributed by atoms with Gasteiger partial charge in [0.1, 0.15) is 0 Å². The molecule has 0 rings (SSSR count). The Hall–Kier alpha value is 0.492. The molecular formula is C2H7AlN+. The topological polar surface area (TPSA) is 12.0 Å². The van der Waals surface area contributed by atoms with Gasteiger partial charge in [-0.15, -0.1) is 0 Å². The van der Waals surface area contributed by atoms with Crippen molar-refractivity contribution in [3.8, 4) is 0 Å². The third-order valence-corrected chi connectivity index (χ3v) is 0.866. The van der Waals surface area contributed by atoms with E-state index in [1.54, 1.807) is 0 Å². The van der Waals surface area contributed by atoms with Crippen LogP contribution < -0.4 is 4.30 Å². The number of rotatable bonds is 1. The molecule has 0 saturated heterocycles. The maximum atomic E-state index is 3.01. The Bertz CT molecular complexity index is 8.00. The van der Waals surface area contributed by atoms with Crippen LogP contribution in [0.2, 0.25) is 5.79 Å². The molecule has 0 aliphatic carbocycles. The van der Waals surface area contributed by atoms with Crippen LogP contribution in [-0.4, -0.2) is 22.5 Å². The van der Waals surface area contributed by atoms with Gasteiger partial charge in [0.15, 0.2) is 0 Å². The summed E-state index contributed by atoms with van der Waals surface area (Å²) in [5, 5.41) is 0. The molecule has 0 aliphatic heterocycles. The summed E-state index contributed by atoms with van der Waals surface area (Å²) >= 11 is 0.532. The summed E-state index contributed by atoms with van der Waals surface area (Å²) in [5.41, 5.74) is 0. The van der Waals surface area contributed by atoms with Gasteiger partial charge in [0.2, 0.25) is 0 Å². The summed E-state index contributed by atoms with van der Waals surface area (Å²) in [5.74, 6) is 2.15. The fraction of sp³-hybridized carbons (Fsp3) is 1.00. The zero-order valence-corrected chi connectivity index (χ0v) is 4.23. The molecule has 22 valence electrons. The Labute approximate surface area is 33.3 Å². The van der Waals surface area contributed by atoms with Crippen molar-refractivity contribution >= 4 is 15.4 Å². The molecule has 0 aromatic carbocycles. The quantitative estimate of drug-likeness (QED) is 0.425. The number of nitrogens with one attached hydrogen (secondary N) is 1. The van der Waals surface area contributed by atoms with Crippen LogP contribution in [0.3, 0.4) is 0 Å². The van der Waals surface area contributed by atoms with Gasteiger partial charge in [-0.05, 0) is 0 Å². The average molecular weight is 72.1 g/mol. The van der Waals surface area contributed by atoms with E-state index in [9.17, 15) is 0 Å². The van der Waals surface area contributed by atoms with Gasteiger partial charge in [-0.25, -0.2) is 0 Å². The van der Waals surface area contributed by atoms with Crippen LogP contribution in [0, 0.1) is 0 Å². The van der Waals surface area contributed by atoms with Crippen molar-refractivity contribution in [2.24, 2.45) is 0 Å². The summed E-state index contributed by atoms with van der Waals surface area (Å²) < 4.78 is 3.01. The van der Waals surface area contributed by atoms with Crippen molar-refractivity contribution in [2.75, 3.05) is 7.05 Å². The predicted molar refractivity (Wildman–Crippen MR) is 20.7 cm³/mol. The minimum atomic E-state index is 0.532. The Morgan fingerprint density at radius 2 is 2.00 bits per heavy atom. The zero-order chi connectivity index (χ0) is 3.41. The summed E-state index contributed by atoms with van der Waals surface area (Å²) in [6, 6.07) is 0. The molecule has 0 aromatic rings. The van der Waals surface area contributed by atoms with Gasteiger partial charge < -0.3 is 0 Å². The van der Waals surface area contributed by atoms with E-state index in [2.05, 4.69) is 10.1 Å². The second-order valence-electron chi connectivity index (χ2n) is 0.577. The standard InChI is InChI=1S/CH4N.CH3.Al/c1-2;;/h2H,1H3;1H3;/q-1;;+2. The number of hydrogen-bond acceptors (Lipinski definition) is 1. The van der Waals surface area contributed by atoms with Crippen molar-refractivity contribution in [1.82, 2.24) is 4.30 Å². The van der Waals surface area contributed by atoms with Crippen molar-refractivity contribution in [1.29, 1.82) is 0 Å². The Balaban J connectivity index is 1.97. The van der Waals surface area contributed by atoms with E-state index in [0.717, 1.165) is 0 Å². The third-order valence-electron chi connectivity index (χ3n) is 0.289.